The average Bonchev–Trinajstić information content (AvgIpc) is 3.52. The van der Waals surface area contributed by atoms with Gasteiger partial charge in [0.05, 0.1) is 12.1 Å². The van der Waals surface area contributed by atoms with Gasteiger partial charge in [-0.05, 0) is 73.2 Å². The molecule has 4 aromatic rings. The molecule has 2 heterocycles. The van der Waals surface area contributed by atoms with Crippen LogP contribution in [0.25, 0.3) is 10.9 Å². The number of hydrogen-bond donors (Lipinski definition) is 3. The molecule has 0 saturated carbocycles. The predicted octanol–water partition coefficient (Wildman–Crippen LogP) is 4.17. The van der Waals surface area contributed by atoms with Crippen molar-refractivity contribution in [2.75, 3.05) is 24.1 Å². The molecule has 1 aliphatic heterocycles. The number of nitrogens with one attached hydrogen (secondary N) is 3. The summed E-state index contributed by atoms with van der Waals surface area (Å²) in [5.74, 6) is -0.374. The fraction of sp³-hybridized carbons (Fsp3) is 0.148. The number of carbonyl (C=O) groups is 3. The lowest BCUT2D eigenvalue weighted by Gasteiger charge is -2.13. The fourth-order valence-electron chi connectivity index (χ4n) is 3.94. The summed E-state index contributed by atoms with van der Waals surface area (Å²) < 4.78 is 18.2. The van der Waals surface area contributed by atoms with Crippen molar-refractivity contribution in [3.05, 3.63) is 82.5 Å². The van der Waals surface area contributed by atoms with Crippen LogP contribution in [0.4, 0.5) is 5.69 Å². The summed E-state index contributed by atoms with van der Waals surface area (Å²) in [7, 11) is 0. The van der Waals surface area contributed by atoms with Crippen LogP contribution < -0.4 is 30.3 Å². The van der Waals surface area contributed by atoms with Gasteiger partial charge in [-0.25, -0.2) is 4.68 Å². The molecule has 0 aliphatic carbocycles. The number of nitrogens with zero attached hydrogens (tertiary/aromatic N) is 1. The Labute approximate surface area is 226 Å². The van der Waals surface area contributed by atoms with Gasteiger partial charge in [-0.2, -0.15) is 0 Å². The summed E-state index contributed by atoms with van der Waals surface area (Å²) >= 11 is 3.42. The van der Waals surface area contributed by atoms with Gasteiger partial charge in [0.2, 0.25) is 6.79 Å². The van der Waals surface area contributed by atoms with Crippen molar-refractivity contribution >= 4 is 50.2 Å². The Morgan fingerprint density at radius 1 is 0.947 bits per heavy atom. The summed E-state index contributed by atoms with van der Waals surface area (Å²) in [5.41, 5.74) is 4.52. The standard InChI is InChI=1S/C27H23BrN4O6/c1-2-36-20-7-5-19(6-8-20)30-25(33)22-13-17-12-18(28)4-9-21(17)32(22)31-27(35)26(34)29-14-16-3-10-23-24(11-16)38-15-37-23/h3-13H,2,14-15H2,1H3,(H,29,34)(H,30,33)(H,31,35). The van der Waals surface area contributed by atoms with E-state index >= 15 is 0 Å². The van der Waals surface area contributed by atoms with E-state index in [0.717, 1.165) is 10.0 Å². The number of halogens is 1. The van der Waals surface area contributed by atoms with Crippen LogP contribution in [0.5, 0.6) is 17.2 Å². The van der Waals surface area contributed by atoms with E-state index in [0.29, 0.717) is 40.4 Å². The van der Waals surface area contributed by atoms with E-state index in [4.69, 9.17) is 14.2 Å². The fourth-order valence-corrected chi connectivity index (χ4v) is 4.31. The van der Waals surface area contributed by atoms with Crippen molar-refractivity contribution in [3.63, 3.8) is 0 Å². The molecule has 5 rings (SSSR count). The zero-order valence-electron chi connectivity index (χ0n) is 20.2. The molecule has 0 unspecified atom stereocenters. The second-order valence-electron chi connectivity index (χ2n) is 8.29. The molecule has 3 aromatic carbocycles. The third-order valence-corrected chi connectivity index (χ3v) is 6.22. The molecule has 3 amide bonds. The number of anilines is 1. The Balaban J connectivity index is 1.32. The van der Waals surface area contributed by atoms with Crippen molar-refractivity contribution in [1.82, 2.24) is 9.99 Å². The van der Waals surface area contributed by atoms with E-state index in [9.17, 15) is 14.4 Å². The Kier molecular flexibility index (Phi) is 7.18. The third-order valence-electron chi connectivity index (χ3n) is 5.73. The number of rotatable bonds is 7. The number of ether oxygens (including phenoxy) is 3. The van der Waals surface area contributed by atoms with Gasteiger partial charge in [0.25, 0.3) is 5.91 Å². The number of carbonyl (C=O) groups excluding carboxylic acids is 3. The summed E-state index contributed by atoms with van der Waals surface area (Å²) in [6.45, 7) is 2.67. The van der Waals surface area contributed by atoms with Crippen LogP contribution in [-0.2, 0) is 16.1 Å². The first-order valence-corrected chi connectivity index (χ1v) is 12.5. The molecule has 10 nitrogen and oxygen atoms in total. The largest absolute Gasteiger partial charge is 0.494 e. The van der Waals surface area contributed by atoms with Crippen LogP contribution in [0.3, 0.4) is 0 Å². The average molecular weight is 579 g/mol. The number of fused-ring (bicyclic) bond motifs is 2. The lowest BCUT2D eigenvalue weighted by molar-refractivity contribution is -0.136. The molecule has 1 aliphatic rings. The van der Waals surface area contributed by atoms with Crippen LogP contribution >= 0.6 is 15.9 Å². The Morgan fingerprint density at radius 2 is 1.74 bits per heavy atom. The van der Waals surface area contributed by atoms with Crippen molar-refractivity contribution in [3.8, 4) is 17.2 Å². The van der Waals surface area contributed by atoms with Crippen LogP contribution in [0, 0.1) is 0 Å². The second kappa shape index (κ2) is 10.9. The van der Waals surface area contributed by atoms with Gasteiger partial charge < -0.3 is 24.8 Å². The highest BCUT2D eigenvalue weighted by molar-refractivity contribution is 9.10. The quantitative estimate of drug-likeness (QED) is 0.283. The van der Waals surface area contributed by atoms with Gasteiger partial charge in [-0.1, -0.05) is 22.0 Å². The maximum atomic E-state index is 13.2. The molecule has 0 bridgehead atoms. The summed E-state index contributed by atoms with van der Waals surface area (Å²) in [4.78, 5) is 38.6. The molecular weight excluding hydrogens is 556 g/mol. The molecule has 38 heavy (non-hydrogen) atoms. The van der Waals surface area contributed by atoms with E-state index in [2.05, 4.69) is 32.0 Å². The van der Waals surface area contributed by atoms with Crippen LogP contribution in [0.1, 0.15) is 23.0 Å². The smallest absolute Gasteiger partial charge is 0.328 e. The molecule has 11 heteroatoms. The van der Waals surface area contributed by atoms with Crippen molar-refractivity contribution < 1.29 is 28.6 Å². The number of benzene rings is 3. The van der Waals surface area contributed by atoms with Crippen LogP contribution in [0.2, 0.25) is 0 Å². The molecule has 0 fully saturated rings. The van der Waals surface area contributed by atoms with Crippen molar-refractivity contribution in [2.24, 2.45) is 0 Å². The first kappa shape index (κ1) is 25.2. The highest BCUT2D eigenvalue weighted by Gasteiger charge is 2.21. The zero-order chi connectivity index (χ0) is 26.6. The number of aromatic nitrogens is 1. The summed E-state index contributed by atoms with van der Waals surface area (Å²) in [5, 5.41) is 6.09. The summed E-state index contributed by atoms with van der Waals surface area (Å²) in [6, 6.07) is 19.1. The van der Waals surface area contributed by atoms with E-state index < -0.39 is 17.7 Å². The monoisotopic (exact) mass is 578 g/mol. The minimum atomic E-state index is -0.929. The van der Waals surface area contributed by atoms with Gasteiger partial charge in [-0.3, -0.25) is 19.8 Å². The topological polar surface area (TPSA) is 120 Å². The highest BCUT2D eigenvalue weighted by Crippen LogP contribution is 2.32. The van der Waals surface area contributed by atoms with Crippen molar-refractivity contribution in [2.45, 2.75) is 13.5 Å². The zero-order valence-corrected chi connectivity index (χ0v) is 21.8. The first-order chi connectivity index (χ1) is 18.4. The Morgan fingerprint density at radius 3 is 2.53 bits per heavy atom. The molecule has 0 radical (unpaired) electrons. The van der Waals surface area contributed by atoms with Gasteiger partial charge in [-0.15, -0.1) is 0 Å². The molecule has 3 N–H and O–H groups in total. The predicted molar refractivity (Wildman–Crippen MR) is 144 cm³/mol. The van der Waals surface area contributed by atoms with Gasteiger partial charge in [0.1, 0.15) is 11.4 Å². The van der Waals surface area contributed by atoms with E-state index in [1.807, 2.05) is 13.0 Å². The van der Waals surface area contributed by atoms with Gasteiger partial charge >= 0.3 is 11.8 Å². The van der Waals surface area contributed by atoms with Gasteiger partial charge in [0.15, 0.2) is 11.5 Å². The SMILES string of the molecule is CCOc1ccc(NC(=O)c2cc3cc(Br)ccc3n2NC(=O)C(=O)NCc2ccc3c(c2)OCO3)cc1. The highest BCUT2D eigenvalue weighted by atomic mass is 79.9. The minimum absolute atomic E-state index is 0.105. The normalized spacial score (nSPS) is 11.7. The minimum Gasteiger partial charge on any atom is -0.494 e. The van der Waals surface area contributed by atoms with Gasteiger partial charge in [0, 0.05) is 22.1 Å². The van der Waals surface area contributed by atoms with E-state index in [1.165, 1.54) is 4.68 Å². The van der Waals surface area contributed by atoms with E-state index in [-0.39, 0.29) is 19.0 Å². The molecule has 0 spiro atoms. The molecule has 194 valence electrons. The van der Waals surface area contributed by atoms with Crippen LogP contribution in [-0.4, -0.2) is 35.8 Å². The molecule has 0 atom stereocenters. The molecule has 1 aromatic heterocycles. The van der Waals surface area contributed by atoms with Crippen LogP contribution in [0.15, 0.2) is 71.2 Å². The molecule has 0 saturated heterocycles. The molecular formula is C27H23BrN4O6. The third kappa shape index (κ3) is 5.42. The van der Waals surface area contributed by atoms with Crippen molar-refractivity contribution in [1.29, 1.82) is 0 Å². The summed E-state index contributed by atoms with van der Waals surface area (Å²) in [6.07, 6.45) is 0. The maximum absolute atomic E-state index is 13.2. The first-order valence-electron chi connectivity index (χ1n) is 11.7. The van der Waals surface area contributed by atoms with E-state index in [1.54, 1.807) is 60.7 Å². The second-order valence-corrected chi connectivity index (χ2v) is 9.21. The number of hydrogen-bond acceptors (Lipinski definition) is 6. The Bertz CT molecular complexity index is 1530. The lowest BCUT2D eigenvalue weighted by atomic mass is 10.2. The maximum Gasteiger partial charge on any atom is 0.328 e. The number of amides is 3. The Hall–Kier alpha value is -4.51. The lowest BCUT2D eigenvalue weighted by Crippen LogP contribution is -2.39.